The summed E-state index contributed by atoms with van der Waals surface area (Å²) in [5, 5.41) is 13.1. The van der Waals surface area contributed by atoms with Crippen LogP contribution in [-0.4, -0.2) is 57.2 Å². The number of anilines is 1. The first-order valence-corrected chi connectivity index (χ1v) is 10.9. The van der Waals surface area contributed by atoms with Gasteiger partial charge in [-0.1, -0.05) is 24.6 Å². The minimum atomic E-state index is -4.39. The average molecular weight is 479 g/mol. The van der Waals surface area contributed by atoms with Crippen LogP contribution in [0.1, 0.15) is 24.9 Å². The highest BCUT2D eigenvalue weighted by Crippen LogP contribution is 2.32. The summed E-state index contributed by atoms with van der Waals surface area (Å²) in [6.07, 6.45) is -3.92. The first-order valence-electron chi connectivity index (χ1n) is 10.5. The van der Waals surface area contributed by atoms with Crippen LogP contribution in [0.4, 0.5) is 18.9 Å². The lowest BCUT2D eigenvalue weighted by Crippen LogP contribution is -2.50. The predicted octanol–water partition coefficient (Wildman–Crippen LogP) is 4.31. The molecule has 7 nitrogen and oxygen atoms in total. The van der Waals surface area contributed by atoms with Gasteiger partial charge < -0.3 is 9.80 Å². The Kier molecular flexibility index (Phi) is 6.55. The van der Waals surface area contributed by atoms with Gasteiger partial charge in [-0.2, -0.15) is 18.0 Å². The van der Waals surface area contributed by atoms with Crippen LogP contribution < -0.4 is 4.90 Å². The fourth-order valence-corrected chi connectivity index (χ4v) is 3.91. The molecule has 1 amide bonds. The summed E-state index contributed by atoms with van der Waals surface area (Å²) in [5.41, 5.74) is 0.551. The van der Waals surface area contributed by atoms with Gasteiger partial charge in [0.1, 0.15) is 0 Å². The van der Waals surface area contributed by atoms with Gasteiger partial charge in [0.25, 0.3) is 0 Å². The fraction of sp³-hybridized carbons (Fsp3) is 0.364. The lowest BCUT2D eigenvalue weighted by Gasteiger charge is -2.37. The third-order valence-electron chi connectivity index (χ3n) is 5.61. The van der Waals surface area contributed by atoms with Gasteiger partial charge in [0.05, 0.1) is 5.56 Å². The number of nitrogens with zero attached hydrogens (tertiary/aromatic N) is 6. The number of piperazine rings is 1. The van der Waals surface area contributed by atoms with Crippen molar-refractivity contribution in [2.75, 3.05) is 31.1 Å². The second-order valence-electron chi connectivity index (χ2n) is 7.72. The second-order valence-corrected chi connectivity index (χ2v) is 8.16. The lowest BCUT2D eigenvalue weighted by molar-refractivity contribution is -0.137. The molecule has 0 bridgehead atoms. The number of halogens is 4. The molecule has 0 aliphatic carbocycles. The molecule has 11 heteroatoms. The molecule has 1 aliphatic rings. The number of tetrazole rings is 1. The van der Waals surface area contributed by atoms with Gasteiger partial charge in [-0.05, 0) is 54.1 Å². The number of carbonyl (C=O) groups excluding carboxylic acids is 1. The van der Waals surface area contributed by atoms with Crippen LogP contribution in [0.15, 0.2) is 48.5 Å². The standard InChI is InChI=1S/C22H22ClF3N6O/c1-2-19(32-28-20(27-29-32)15-6-8-17(23)9-7-15)21(33)31-12-10-30(11-13-31)18-5-3-4-16(14-18)22(24,25)26/h3-9,14,19H,2,10-13H2,1H3. The molecule has 3 aromatic rings. The normalized spacial score (nSPS) is 15.5. The molecule has 1 atom stereocenters. The maximum Gasteiger partial charge on any atom is 0.416 e. The Morgan fingerprint density at radius 2 is 1.79 bits per heavy atom. The molecule has 1 saturated heterocycles. The maximum atomic E-state index is 13.2. The van der Waals surface area contributed by atoms with Crippen LogP contribution in [0.5, 0.6) is 0 Å². The molecule has 1 unspecified atom stereocenters. The van der Waals surface area contributed by atoms with Crippen LogP contribution in [0, 0.1) is 0 Å². The number of hydrogen-bond acceptors (Lipinski definition) is 5. The van der Waals surface area contributed by atoms with E-state index in [9.17, 15) is 18.0 Å². The topological polar surface area (TPSA) is 67.2 Å². The first-order chi connectivity index (χ1) is 15.8. The Morgan fingerprint density at radius 3 is 2.42 bits per heavy atom. The lowest BCUT2D eigenvalue weighted by atomic mass is 10.1. The Hall–Kier alpha value is -3.14. The molecular weight excluding hydrogens is 457 g/mol. The van der Waals surface area contributed by atoms with Gasteiger partial charge >= 0.3 is 6.18 Å². The van der Waals surface area contributed by atoms with E-state index < -0.39 is 17.8 Å². The summed E-state index contributed by atoms with van der Waals surface area (Å²) < 4.78 is 39.1. The first kappa shape index (κ1) is 23.0. The quantitative estimate of drug-likeness (QED) is 0.546. The van der Waals surface area contributed by atoms with Crippen molar-refractivity contribution in [3.63, 3.8) is 0 Å². The van der Waals surface area contributed by atoms with Crippen LogP contribution >= 0.6 is 11.6 Å². The molecule has 1 fully saturated rings. The van der Waals surface area contributed by atoms with E-state index in [2.05, 4.69) is 15.4 Å². The molecule has 2 heterocycles. The zero-order chi connectivity index (χ0) is 23.6. The Labute approximate surface area is 193 Å². The number of alkyl halides is 3. The number of hydrogen-bond donors (Lipinski definition) is 0. The van der Waals surface area contributed by atoms with Crippen molar-refractivity contribution in [3.05, 3.63) is 59.1 Å². The van der Waals surface area contributed by atoms with Gasteiger partial charge in [0.2, 0.25) is 11.7 Å². The second kappa shape index (κ2) is 9.38. The Balaban J connectivity index is 1.42. The van der Waals surface area contributed by atoms with Crippen molar-refractivity contribution in [2.45, 2.75) is 25.6 Å². The van der Waals surface area contributed by atoms with Crippen molar-refractivity contribution in [1.82, 2.24) is 25.1 Å². The molecule has 0 N–H and O–H groups in total. The van der Waals surface area contributed by atoms with Crippen LogP contribution in [-0.2, 0) is 11.0 Å². The van der Waals surface area contributed by atoms with E-state index in [4.69, 9.17) is 11.6 Å². The Bertz CT molecular complexity index is 1110. The number of rotatable bonds is 5. The molecule has 4 rings (SSSR count). The van der Waals surface area contributed by atoms with Crippen LogP contribution in [0.25, 0.3) is 11.4 Å². The smallest absolute Gasteiger partial charge is 0.368 e. The third kappa shape index (κ3) is 5.11. The highest BCUT2D eigenvalue weighted by molar-refractivity contribution is 6.30. The number of carbonyl (C=O) groups is 1. The molecule has 2 aromatic carbocycles. The molecule has 174 valence electrons. The summed E-state index contributed by atoms with van der Waals surface area (Å²) >= 11 is 5.92. The minimum absolute atomic E-state index is 0.138. The fourth-order valence-electron chi connectivity index (χ4n) is 3.78. The van der Waals surface area contributed by atoms with Gasteiger partial charge in [-0.3, -0.25) is 4.79 Å². The monoisotopic (exact) mass is 478 g/mol. The van der Waals surface area contributed by atoms with E-state index in [1.807, 2.05) is 11.8 Å². The molecular formula is C22H22ClF3N6O. The SMILES string of the molecule is CCC(C(=O)N1CCN(c2cccc(C(F)(F)F)c2)CC1)n1nnc(-c2ccc(Cl)cc2)n1. The van der Waals surface area contributed by atoms with E-state index >= 15 is 0 Å². The zero-order valence-corrected chi connectivity index (χ0v) is 18.6. The van der Waals surface area contributed by atoms with Gasteiger partial charge in [0, 0.05) is 42.5 Å². The third-order valence-corrected chi connectivity index (χ3v) is 5.86. The summed E-state index contributed by atoms with van der Waals surface area (Å²) in [5.74, 6) is 0.258. The van der Waals surface area contributed by atoms with Crippen LogP contribution in [0.3, 0.4) is 0 Å². The van der Waals surface area contributed by atoms with E-state index in [-0.39, 0.29) is 5.91 Å². The van der Waals surface area contributed by atoms with E-state index in [1.165, 1.54) is 10.9 Å². The summed E-state index contributed by atoms with van der Waals surface area (Å²) in [6, 6.07) is 11.6. The van der Waals surface area contributed by atoms with Crippen molar-refractivity contribution in [2.24, 2.45) is 0 Å². The Morgan fingerprint density at radius 1 is 1.09 bits per heavy atom. The average Bonchev–Trinajstić information content (AvgIpc) is 3.29. The van der Waals surface area contributed by atoms with E-state index in [1.54, 1.807) is 35.2 Å². The number of benzene rings is 2. The van der Waals surface area contributed by atoms with Gasteiger partial charge in [-0.15, -0.1) is 10.2 Å². The molecule has 0 spiro atoms. The summed E-state index contributed by atoms with van der Waals surface area (Å²) in [4.78, 5) is 18.0. The van der Waals surface area contributed by atoms with Crippen molar-refractivity contribution in [1.29, 1.82) is 0 Å². The molecule has 33 heavy (non-hydrogen) atoms. The zero-order valence-electron chi connectivity index (χ0n) is 17.8. The highest BCUT2D eigenvalue weighted by Gasteiger charge is 2.32. The predicted molar refractivity (Wildman–Crippen MR) is 118 cm³/mol. The maximum absolute atomic E-state index is 13.2. The van der Waals surface area contributed by atoms with Gasteiger partial charge in [0.15, 0.2) is 6.04 Å². The van der Waals surface area contributed by atoms with Gasteiger partial charge in [-0.25, -0.2) is 0 Å². The molecule has 0 radical (unpaired) electrons. The number of amides is 1. The largest absolute Gasteiger partial charge is 0.416 e. The molecule has 1 aromatic heterocycles. The van der Waals surface area contributed by atoms with Crippen molar-refractivity contribution in [3.8, 4) is 11.4 Å². The van der Waals surface area contributed by atoms with E-state index in [0.29, 0.717) is 49.1 Å². The minimum Gasteiger partial charge on any atom is -0.368 e. The van der Waals surface area contributed by atoms with Crippen molar-refractivity contribution < 1.29 is 18.0 Å². The molecule has 1 aliphatic heterocycles. The van der Waals surface area contributed by atoms with E-state index in [0.717, 1.165) is 17.7 Å². The molecule has 0 saturated carbocycles. The number of aromatic nitrogens is 4. The highest BCUT2D eigenvalue weighted by atomic mass is 35.5. The van der Waals surface area contributed by atoms with Crippen LogP contribution in [0.2, 0.25) is 5.02 Å². The summed E-state index contributed by atoms with van der Waals surface area (Å²) in [6.45, 7) is 3.52. The van der Waals surface area contributed by atoms with Crippen molar-refractivity contribution >= 4 is 23.2 Å². The summed E-state index contributed by atoms with van der Waals surface area (Å²) in [7, 11) is 0.